The third-order valence-corrected chi connectivity index (χ3v) is 7.48. The zero-order valence-corrected chi connectivity index (χ0v) is 18.4. The van der Waals surface area contributed by atoms with Crippen molar-refractivity contribution >= 4 is 68.4 Å². The Balaban J connectivity index is 1.64. The number of para-hydroxylation sites is 2. The first-order valence-electron chi connectivity index (χ1n) is 9.92. The normalized spacial score (nSPS) is 17.0. The Morgan fingerprint density at radius 2 is 1.68 bits per heavy atom. The largest absolute Gasteiger partial charge is 0.300 e. The third kappa shape index (κ3) is 2.44. The standard InChI is InChI=1S/C24H17N3O2S2/c1-24(2)16-8-5-7-14-13-6-3-4-9-18(13)27(19(14)16)22-17(24)11-12(31-22)10-15-20(28)25-23(30)26-21(15)29/h3-11H,1-2H3,(H2,25,26,28,29,30). The summed E-state index contributed by atoms with van der Waals surface area (Å²) in [6.45, 7) is 4.45. The highest BCUT2D eigenvalue weighted by molar-refractivity contribution is 7.80. The Morgan fingerprint density at radius 1 is 0.968 bits per heavy atom. The van der Waals surface area contributed by atoms with E-state index in [0.717, 1.165) is 15.4 Å². The SMILES string of the molecule is CC1(C)c2cc(C=C3C(=O)NC(=S)NC3=O)sc2-n2c3ccccc3c3cccc1c32. The molecule has 1 saturated heterocycles. The predicted molar refractivity (Wildman–Crippen MR) is 128 cm³/mol. The van der Waals surface area contributed by atoms with Crippen LogP contribution in [0.4, 0.5) is 0 Å². The maximum Gasteiger partial charge on any atom is 0.263 e. The van der Waals surface area contributed by atoms with Crippen molar-refractivity contribution in [1.29, 1.82) is 0 Å². The van der Waals surface area contributed by atoms with E-state index < -0.39 is 11.8 Å². The maximum atomic E-state index is 12.3. The van der Waals surface area contributed by atoms with Gasteiger partial charge in [0.05, 0.1) is 11.0 Å². The molecule has 2 aromatic carbocycles. The smallest absolute Gasteiger partial charge is 0.263 e. The van der Waals surface area contributed by atoms with Crippen molar-refractivity contribution in [2.75, 3.05) is 0 Å². The van der Waals surface area contributed by atoms with Crippen LogP contribution in [0.3, 0.4) is 0 Å². The first-order chi connectivity index (χ1) is 14.9. The summed E-state index contributed by atoms with van der Waals surface area (Å²) in [5.41, 5.74) is 4.67. The Hall–Kier alpha value is -3.29. The lowest BCUT2D eigenvalue weighted by Crippen LogP contribution is -2.51. The monoisotopic (exact) mass is 443 g/mol. The molecule has 0 saturated carbocycles. The van der Waals surface area contributed by atoms with Gasteiger partial charge in [0, 0.05) is 21.1 Å². The van der Waals surface area contributed by atoms with Crippen LogP contribution in [0.5, 0.6) is 0 Å². The van der Waals surface area contributed by atoms with Crippen molar-refractivity contribution < 1.29 is 9.59 Å². The fourth-order valence-electron chi connectivity index (χ4n) is 4.71. The fraction of sp³-hybridized carbons (Fsp3) is 0.125. The highest BCUT2D eigenvalue weighted by Crippen LogP contribution is 2.50. The zero-order valence-electron chi connectivity index (χ0n) is 16.8. The molecule has 0 atom stereocenters. The topological polar surface area (TPSA) is 63.1 Å². The molecule has 4 aromatic rings. The number of nitrogens with zero attached hydrogens (tertiary/aromatic N) is 1. The molecule has 0 radical (unpaired) electrons. The lowest BCUT2D eigenvalue weighted by atomic mass is 9.76. The molecule has 6 rings (SSSR count). The third-order valence-electron chi connectivity index (χ3n) is 6.21. The molecule has 2 aliphatic rings. The van der Waals surface area contributed by atoms with E-state index in [4.69, 9.17) is 12.2 Å². The fourth-order valence-corrected chi connectivity index (χ4v) is 6.18. The van der Waals surface area contributed by atoms with E-state index in [2.05, 4.69) is 77.6 Å². The van der Waals surface area contributed by atoms with Gasteiger partial charge in [0.15, 0.2) is 5.11 Å². The van der Waals surface area contributed by atoms with Crippen LogP contribution in [-0.4, -0.2) is 21.5 Å². The number of hydrogen-bond acceptors (Lipinski definition) is 4. The number of aromatic nitrogens is 1. The number of rotatable bonds is 1. The molecule has 152 valence electrons. The number of hydrogen-bond donors (Lipinski definition) is 2. The van der Waals surface area contributed by atoms with Crippen LogP contribution in [0.1, 0.15) is 29.9 Å². The highest BCUT2D eigenvalue weighted by atomic mass is 32.1. The van der Waals surface area contributed by atoms with Gasteiger partial charge >= 0.3 is 0 Å². The summed E-state index contributed by atoms with van der Waals surface area (Å²) in [5.74, 6) is -0.951. The summed E-state index contributed by atoms with van der Waals surface area (Å²) >= 11 is 6.48. The summed E-state index contributed by atoms with van der Waals surface area (Å²) in [6, 6.07) is 17.0. The summed E-state index contributed by atoms with van der Waals surface area (Å²) < 4.78 is 2.32. The van der Waals surface area contributed by atoms with Crippen LogP contribution in [-0.2, 0) is 15.0 Å². The summed E-state index contributed by atoms with van der Waals surface area (Å²) in [6.07, 6.45) is 1.65. The minimum Gasteiger partial charge on any atom is -0.300 e. The molecule has 2 amide bonds. The number of amides is 2. The highest BCUT2D eigenvalue weighted by Gasteiger charge is 2.37. The van der Waals surface area contributed by atoms with E-state index in [1.54, 1.807) is 17.4 Å². The van der Waals surface area contributed by atoms with Gasteiger partial charge in [-0.1, -0.05) is 50.2 Å². The molecule has 0 spiro atoms. The second kappa shape index (κ2) is 6.12. The van der Waals surface area contributed by atoms with Crippen LogP contribution < -0.4 is 10.6 Å². The van der Waals surface area contributed by atoms with Crippen molar-refractivity contribution in [2.24, 2.45) is 0 Å². The van der Waals surface area contributed by atoms with Gasteiger partial charge in [-0.3, -0.25) is 20.2 Å². The van der Waals surface area contributed by atoms with E-state index in [1.807, 2.05) is 0 Å². The molecular formula is C24H17N3O2S2. The second-order valence-electron chi connectivity index (χ2n) is 8.34. The molecular weight excluding hydrogens is 426 g/mol. The predicted octanol–water partition coefficient (Wildman–Crippen LogP) is 4.40. The van der Waals surface area contributed by atoms with E-state index in [1.165, 1.54) is 27.4 Å². The Morgan fingerprint density at radius 3 is 2.45 bits per heavy atom. The Labute approximate surface area is 187 Å². The quantitative estimate of drug-likeness (QED) is 0.260. The first kappa shape index (κ1) is 18.5. The molecule has 2 aromatic heterocycles. The summed E-state index contributed by atoms with van der Waals surface area (Å²) in [5, 5.41) is 8.61. The van der Waals surface area contributed by atoms with Gasteiger partial charge in [-0.15, -0.1) is 11.3 Å². The number of thiocarbonyl (C=S) groups is 1. The van der Waals surface area contributed by atoms with Gasteiger partial charge in [-0.25, -0.2) is 0 Å². The molecule has 2 N–H and O–H groups in total. The van der Waals surface area contributed by atoms with E-state index >= 15 is 0 Å². The Bertz CT molecular complexity index is 1500. The number of nitrogens with one attached hydrogen (secondary N) is 2. The minimum absolute atomic E-state index is 0.0374. The summed E-state index contributed by atoms with van der Waals surface area (Å²) in [4.78, 5) is 25.5. The number of benzene rings is 2. The number of carbonyl (C=O) groups excluding carboxylic acids is 2. The van der Waals surface area contributed by atoms with Crippen molar-refractivity contribution in [2.45, 2.75) is 19.3 Å². The van der Waals surface area contributed by atoms with Crippen LogP contribution in [0.25, 0.3) is 32.9 Å². The van der Waals surface area contributed by atoms with Gasteiger partial charge in [-0.2, -0.15) is 0 Å². The molecule has 7 heteroatoms. The molecule has 0 aliphatic carbocycles. The molecule has 0 bridgehead atoms. The van der Waals surface area contributed by atoms with Crippen molar-refractivity contribution in [3.8, 4) is 5.00 Å². The number of thiophene rings is 1. The van der Waals surface area contributed by atoms with Crippen molar-refractivity contribution in [3.05, 3.63) is 70.1 Å². The maximum absolute atomic E-state index is 12.3. The molecule has 5 nitrogen and oxygen atoms in total. The lowest BCUT2D eigenvalue weighted by Gasteiger charge is -2.32. The van der Waals surface area contributed by atoms with Crippen LogP contribution >= 0.6 is 23.6 Å². The Kier molecular flexibility index (Phi) is 3.65. The van der Waals surface area contributed by atoms with E-state index in [-0.39, 0.29) is 16.1 Å². The average molecular weight is 444 g/mol. The van der Waals surface area contributed by atoms with Crippen LogP contribution in [0.15, 0.2) is 54.1 Å². The second-order valence-corrected chi connectivity index (χ2v) is 9.81. The molecule has 31 heavy (non-hydrogen) atoms. The minimum atomic E-state index is -0.475. The molecule has 0 unspecified atom stereocenters. The van der Waals surface area contributed by atoms with Crippen LogP contribution in [0, 0.1) is 0 Å². The lowest BCUT2D eigenvalue weighted by molar-refractivity contribution is -0.123. The zero-order chi connectivity index (χ0) is 21.5. The molecule has 2 aliphatic heterocycles. The van der Waals surface area contributed by atoms with Crippen LogP contribution in [0.2, 0.25) is 0 Å². The van der Waals surface area contributed by atoms with E-state index in [9.17, 15) is 9.59 Å². The van der Waals surface area contributed by atoms with E-state index in [0.29, 0.717) is 0 Å². The molecule has 4 heterocycles. The number of fused-ring (bicyclic) bond motifs is 5. The van der Waals surface area contributed by atoms with Gasteiger partial charge in [0.2, 0.25) is 0 Å². The van der Waals surface area contributed by atoms with Crippen molar-refractivity contribution in [3.63, 3.8) is 0 Å². The summed E-state index contributed by atoms with van der Waals surface area (Å²) in [7, 11) is 0. The average Bonchev–Trinajstić information content (AvgIpc) is 3.29. The molecule has 1 fully saturated rings. The van der Waals surface area contributed by atoms with Gasteiger partial charge in [0.25, 0.3) is 11.8 Å². The van der Waals surface area contributed by atoms with Gasteiger partial charge in [-0.05, 0) is 41.6 Å². The van der Waals surface area contributed by atoms with Crippen molar-refractivity contribution in [1.82, 2.24) is 15.2 Å². The first-order valence-corrected chi connectivity index (χ1v) is 11.1. The van der Waals surface area contributed by atoms with Gasteiger partial charge < -0.3 is 4.57 Å². The number of carbonyl (C=O) groups is 2. The van der Waals surface area contributed by atoms with Gasteiger partial charge in [0.1, 0.15) is 10.6 Å².